The van der Waals surface area contributed by atoms with Gasteiger partial charge in [0.2, 0.25) is 0 Å². The van der Waals surface area contributed by atoms with E-state index in [4.69, 9.17) is 9.47 Å². The van der Waals surface area contributed by atoms with Crippen LogP contribution in [0.3, 0.4) is 0 Å². The van der Waals surface area contributed by atoms with Gasteiger partial charge in [0.25, 0.3) is 0 Å². The lowest BCUT2D eigenvalue weighted by Gasteiger charge is -2.46. The second kappa shape index (κ2) is 9.32. The Labute approximate surface area is 174 Å². The second-order valence-electron chi connectivity index (χ2n) is 12.1. The SMILES string of the molecule is CC1(C)CC(CCOCCOCCC2CC(C)(C)NC(C)(C)C2)CC(C)(C)N1. The summed E-state index contributed by atoms with van der Waals surface area (Å²) >= 11 is 0. The average molecular weight is 397 g/mol. The monoisotopic (exact) mass is 396 g/mol. The van der Waals surface area contributed by atoms with Crippen LogP contribution in [0.4, 0.5) is 0 Å². The minimum absolute atomic E-state index is 0.229. The van der Waals surface area contributed by atoms with Gasteiger partial charge in [-0.2, -0.15) is 0 Å². The van der Waals surface area contributed by atoms with Gasteiger partial charge >= 0.3 is 0 Å². The van der Waals surface area contributed by atoms with E-state index in [-0.39, 0.29) is 22.2 Å². The average Bonchev–Trinajstić information content (AvgIpc) is 2.43. The summed E-state index contributed by atoms with van der Waals surface area (Å²) in [5, 5.41) is 7.52. The van der Waals surface area contributed by atoms with Crippen LogP contribution in [0.15, 0.2) is 0 Å². The largest absolute Gasteiger partial charge is 0.379 e. The van der Waals surface area contributed by atoms with Crippen molar-refractivity contribution in [2.45, 2.75) is 116 Å². The van der Waals surface area contributed by atoms with E-state index in [1.165, 1.54) is 25.7 Å². The van der Waals surface area contributed by atoms with Gasteiger partial charge in [-0.3, -0.25) is 0 Å². The predicted octanol–water partition coefficient (Wildman–Crippen LogP) is 4.91. The van der Waals surface area contributed by atoms with Gasteiger partial charge in [0.05, 0.1) is 13.2 Å². The molecule has 0 aliphatic carbocycles. The van der Waals surface area contributed by atoms with Gasteiger partial charge in [0, 0.05) is 35.4 Å². The van der Waals surface area contributed by atoms with Crippen LogP contribution in [0.5, 0.6) is 0 Å². The Morgan fingerprint density at radius 3 is 1.11 bits per heavy atom. The van der Waals surface area contributed by atoms with Crippen LogP contribution in [-0.2, 0) is 9.47 Å². The first-order chi connectivity index (χ1) is 12.8. The third-order valence-corrected chi connectivity index (χ3v) is 6.26. The minimum Gasteiger partial charge on any atom is -0.379 e. The Hall–Kier alpha value is -0.160. The molecule has 2 saturated heterocycles. The standard InChI is InChI=1S/C24H48N2O2/c1-21(2)15-19(16-22(3,4)25-21)9-11-27-13-14-28-12-10-20-17-23(5,6)26-24(7,8)18-20/h19-20,25-26H,9-18H2,1-8H3. The normalized spacial score (nSPS) is 27.0. The molecule has 2 rings (SSSR count). The van der Waals surface area contributed by atoms with Crippen LogP contribution < -0.4 is 10.6 Å². The van der Waals surface area contributed by atoms with E-state index in [2.05, 4.69) is 66.0 Å². The summed E-state index contributed by atoms with van der Waals surface area (Å²) in [7, 11) is 0. The van der Waals surface area contributed by atoms with Crippen molar-refractivity contribution < 1.29 is 9.47 Å². The summed E-state index contributed by atoms with van der Waals surface area (Å²) in [6, 6.07) is 0. The fourth-order valence-electron chi connectivity index (χ4n) is 6.30. The molecule has 0 unspecified atom stereocenters. The molecule has 4 nitrogen and oxygen atoms in total. The highest BCUT2D eigenvalue weighted by molar-refractivity contribution is 4.97. The van der Waals surface area contributed by atoms with Gasteiger partial charge < -0.3 is 20.1 Å². The number of piperidine rings is 2. The van der Waals surface area contributed by atoms with E-state index in [9.17, 15) is 0 Å². The quantitative estimate of drug-likeness (QED) is 0.543. The van der Waals surface area contributed by atoms with Gasteiger partial charge in [0.15, 0.2) is 0 Å². The summed E-state index contributed by atoms with van der Waals surface area (Å²) in [6.45, 7) is 21.7. The van der Waals surface area contributed by atoms with Gasteiger partial charge in [-0.05, 0) is 106 Å². The number of ether oxygens (including phenoxy) is 2. The first kappa shape index (κ1) is 24.1. The zero-order valence-electron chi connectivity index (χ0n) is 20.0. The Balaban J connectivity index is 1.53. The van der Waals surface area contributed by atoms with Crippen molar-refractivity contribution in [3.8, 4) is 0 Å². The molecule has 0 aromatic heterocycles. The molecule has 0 radical (unpaired) electrons. The second-order valence-corrected chi connectivity index (χ2v) is 12.1. The lowest BCUT2D eigenvalue weighted by molar-refractivity contribution is 0.0240. The third-order valence-electron chi connectivity index (χ3n) is 6.26. The summed E-state index contributed by atoms with van der Waals surface area (Å²) in [5.74, 6) is 1.50. The highest BCUT2D eigenvalue weighted by Gasteiger charge is 2.38. The first-order valence-electron chi connectivity index (χ1n) is 11.5. The molecule has 0 amide bonds. The van der Waals surface area contributed by atoms with E-state index in [1.54, 1.807) is 0 Å². The molecule has 0 spiro atoms. The Bertz CT molecular complexity index is 409. The summed E-state index contributed by atoms with van der Waals surface area (Å²) < 4.78 is 11.8. The molecule has 2 N–H and O–H groups in total. The molecular weight excluding hydrogens is 348 g/mol. The zero-order chi connectivity index (χ0) is 21.1. The Morgan fingerprint density at radius 1 is 0.536 bits per heavy atom. The number of hydrogen-bond acceptors (Lipinski definition) is 4. The van der Waals surface area contributed by atoms with Gasteiger partial charge in [0.1, 0.15) is 0 Å². The molecule has 28 heavy (non-hydrogen) atoms. The van der Waals surface area contributed by atoms with E-state index < -0.39 is 0 Å². The highest BCUT2D eigenvalue weighted by Crippen LogP contribution is 2.35. The summed E-state index contributed by atoms with van der Waals surface area (Å²) in [5.41, 5.74) is 0.918. The molecule has 166 valence electrons. The maximum Gasteiger partial charge on any atom is 0.0700 e. The molecule has 0 aromatic rings. The van der Waals surface area contributed by atoms with Gasteiger partial charge in [-0.15, -0.1) is 0 Å². The maximum absolute atomic E-state index is 5.88. The molecule has 0 aromatic carbocycles. The fourth-order valence-corrected chi connectivity index (χ4v) is 6.30. The zero-order valence-corrected chi connectivity index (χ0v) is 20.0. The van der Waals surface area contributed by atoms with Gasteiger partial charge in [-0.25, -0.2) is 0 Å². The number of hydrogen-bond donors (Lipinski definition) is 2. The molecule has 2 heterocycles. The van der Waals surface area contributed by atoms with E-state index in [0.29, 0.717) is 0 Å². The summed E-state index contributed by atoms with van der Waals surface area (Å²) in [4.78, 5) is 0. The Kier molecular flexibility index (Phi) is 8.03. The molecular formula is C24H48N2O2. The van der Waals surface area contributed by atoms with E-state index >= 15 is 0 Å². The first-order valence-corrected chi connectivity index (χ1v) is 11.5. The topological polar surface area (TPSA) is 42.5 Å². The smallest absolute Gasteiger partial charge is 0.0700 e. The highest BCUT2D eigenvalue weighted by atomic mass is 16.5. The van der Waals surface area contributed by atoms with Crippen LogP contribution >= 0.6 is 0 Å². The maximum atomic E-state index is 5.88. The fraction of sp³-hybridized carbons (Fsp3) is 1.00. The van der Waals surface area contributed by atoms with Crippen LogP contribution in [0.1, 0.15) is 93.9 Å². The molecule has 0 bridgehead atoms. The van der Waals surface area contributed by atoms with Crippen molar-refractivity contribution in [2.75, 3.05) is 26.4 Å². The van der Waals surface area contributed by atoms with Gasteiger partial charge in [-0.1, -0.05) is 0 Å². The lowest BCUT2D eigenvalue weighted by Crippen LogP contribution is -2.57. The molecule has 0 saturated carbocycles. The van der Waals surface area contributed by atoms with E-state index in [1.807, 2.05) is 0 Å². The van der Waals surface area contributed by atoms with Crippen LogP contribution in [0, 0.1) is 11.8 Å². The molecule has 0 atom stereocenters. The van der Waals surface area contributed by atoms with Crippen molar-refractivity contribution in [2.24, 2.45) is 11.8 Å². The van der Waals surface area contributed by atoms with Crippen molar-refractivity contribution in [3.63, 3.8) is 0 Å². The van der Waals surface area contributed by atoms with Crippen molar-refractivity contribution in [1.29, 1.82) is 0 Å². The van der Waals surface area contributed by atoms with Crippen LogP contribution in [-0.4, -0.2) is 48.6 Å². The third kappa shape index (κ3) is 8.69. The molecule has 4 heteroatoms. The van der Waals surface area contributed by atoms with Crippen LogP contribution in [0.2, 0.25) is 0 Å². The van der Waals surface area contributed by atoms with Crippen LogP contribution in [0.25, 0.3) is 0 Å². The van der Waals surface area contributed by atoms with E-state index in [0.717, 1.165) is 51.1 Å². The van der Waals surface area contributed by atoms with Crippen molar-refractivity contribution in [1.82, 2.24) is 10.6 Å². The molecule has 2 aliphatic heterocycles. The Morgan fingerprint density at radius 2 is 0.821 bits per heavy atom. The number of nitrogens with one attached hydrogen (secondary N) is 2. The molecule has 2 aliphatic rings. The van der Waals surface area contributed by atoms with Crippen molar-refractivity contribution >= 4 is 0 Å². The lowest BCUT2D eigenvalue weighted by atomic mass is 9.75. The minimum atomic E-state index is 0.229. The van der Waals surface area contributed by atoms with Crippen molar-refractivity contribution in [3.05, 3.63) is 0 Å². The number of rotatable bonds is 9. The predicted molar refractivity (Wildman–Crippen MR) is 119 cm³/mol. The molecule has 2 fully saturated rings. The summed E-state index contributed by atoms with van der Waals surface area (Å²) in [6.07, 6.45) is 7.26.